The maximum absolute atomic E-state index is 11.5. The van der Waals surface area contributed by atoms with Crippen LogP contribution in [0.5, 0.6) is 0 Å². The highest BCUT2D eigenvalue weighted by atomic mass is 35.5. The van der Waals surface area contributed by atoms with E-state index in [0.717, 1.165) is 0 Å². The molecule has 86 valence electrons. The summed E-state index contributed by atoms with van der Waals surface area (Å²) in [6, 6.07) is 6.12. The molecule has 0 aromatic heterocycles. The van der Waals surface area contributed by atoms with Gasteiger partial charge in [-0.15, -0.1) is 0 Å². The Kier molecular flexibility index (Phi) is 4.52. The lowest BCUT2D eigenvalue weighted by atomic mass is 10.3. The molecule has 0 spiro atoms. The fraction of sp³-hybridized carbons (Fsp3) is 0.200. The molecule has 0 saturated heterocycles. The number of halogens is 1. The third-order valence-electron chi connectivity index (χ3n) is 1.86. The number of carbonyl (C=O) groups excluding carboxylic acids is 1. The van der Waals surface area contributed by atoms with Gasteiger partial charge in [-0.1, -0.05) is 29.9 Å². The molecule has 0 aliphatic rings. The Bertz CT molecular complexity index is 411. The number of carbonyl (C=O) groups is 1. The van der Waals surface area contributed by atoms with Crippen LogP contribution < -0.4 is 16.4 Å². The number of hydrogen-bond donors (Lipinski definition) is 3. The Hall–Kier alpha value is -1.33. The van der Waals surface area contributed by atoms with E-state index in [-0.39, 0.29) is 17.1 Å². The van der Waals surface area contributed by atoms with Crippen LogP contribution in [0.1, 0.15) is 6.92 Å². The molecule has 1 unspecified atom stereocenters. The highest BCUT2D eigenvalue weighted by Gasteiger charge is 2.09. The third-order valence-corrected chi connectivity index (χ3v) is 2.45. The summed E-state index contributed by atoms with van der Waals surface area (Å²) in [5.41, 5.74) is 5.98. The molecular formula is C10H12ClN3OS. The first-order chi connectivity index (χ1) is 7.49. The highest BCUT2D eigenvalue weighted by molar-refractivity contribution is 7.80. The number of nitrogens with one attached hydrogen (secondary N) is 2. The van der Waals surface area contributed by atoms with Crippen molar-refractivity contribution in [1.82, 2.24) is 5.32 Å². The molecule has 0 bridgehead atoms. The normalized spacial score (nSPS) is 11.6. The van der Waals surface area contributed by atoms with Crippen molar-refractivity contribution in [3.8, 4) is 0 Å². The van der Waals surface area contributed by atoms with Crippen molar-refractivity contribution in [2.45, 2.75) is 13.0 Å². The van der Waals surface area contributed by atoms with Crippen molar-refractivity contribution in [2.75, 3.05) is 5.32 Å². The smallest absolute Gasteiger partial charge is 0.319 e. The first-order valence-electron chi connectivity index (χ1n) is 4.61. The molecule has 4 nitrogen and oxygen atoms in total. The van der Waals surface area contributed by atoms with E-state index < -0.39 is 0 Å². The van der Waals surface area contributed by atoms with Gasteiger partial charge in [0.25, 0.3) is 0 Å². The zero-order valence-electron chi connectivity index (χ0n) is 8.66. The summed E-state index contributed by atoms with van der Waals surface area (Å²) in [6.07, 6.45) is 0. The lowest BCUT2D eigenvalue weighted by Gasteiger charge is -2.13. The SMILES string of the molecule is CC(NC(=O)Nc1cccc(Cl)c1)C(N)=S. The second-order valence-corrected chi connectivity index (χ2v) is 4.14. The number of urea groups is 1. The van der Waals surface area contributed by atoms with Crippen LogP contribution in [0.4, 0.5) is 10.5 Å². The molecule has 1 rings (SSSR count). The minimum absolute atomic E-state index is 0.237. The summed E-state index contributed by atoms with van der Waals surface area (Å²) >= 11 is 10.5. The Labute approximate surface area is 104 Å². The molecule has 0 fully saturated rings. The summed E-state index contributed by atoms with van der Waals surface area (Å²) in [4.78, 5) is 11.7. The van der Waals surface area contributed by atoms with Crippen LogP contribution in [0, 0.1) is 0 Å². The van der Waals surface area contributed by atoms with Crippen LogP contribution in [0.3, 0.4) is 0 Å². The first-order valence-corrected chi connectivity index (χ1v) is 5.40. The van der Waals surface area contributed by atoms with E-state index in [1.807, 2.05) is 0 Å². The molecule has 1 atom stereocenters. The second kappa shape index (κ2) is 5.67. The van der Waals surface area contributed by atoms with E-state index in [0.29, 0.717) is 10.7 Å². The number of amides is 2. The van der Waals surface area contributed by atoms with Crippen molar-refractivity contribution in [3.63, 3.8) is 0 Å². The van der Waals surface area contributed by atoms with Crippen molar-refractivity contribution in [3.05, 3.63) is 29.3 Å². The molecule has 6 heteroatoms. The Morgan fingerprint density at radius 2 is 2.25 bits per heavy atom. The fourth-order valence-corrected chi connectivity index (χ4v) is 1.25. The van der Waals surface area contributed by atoms with Gasteiger partial charge in [0.15, 0.2) is 0 Å². The Morgan fingerprint density at radius 3 is 2.81 bits per heavy atom. The number of thiocarbonyl (C=S) groups is 1. The van der Waals surface area contributed by atoms with Crippen LogP contribution in [-0.2, 0) is 0 Å². The number of nitrogens with two attached hydrogens (primary N) is 1. The van der Waals surface area contributed by atoms with E-state index in [9.17, 15) is 4.79 Å². The van der Waals surface area contributed by atoms with Crippen molar-refractivity contribution < 1.29 is 4.79 Å². The Balaban J connectivity index is 2.55. The lowest BCUT2D eigenvalue weighted by molar-refractivity contribution is 0.251. The number of hydrogen-bond acceptors (Lipinski definition) is 2. The molecule has 4 N–H and O–H groups in total. The summed E-state index contributed by atoms with van der Waals surface area (Å²) in [7, 11) is 0. The van der Waals surface area contributed by atoms with Gasteiger partial charge in [0, 0.05) is 10.7 Å². The third kappa shape index (κ3) is 4.04. The van der Waals surface area contributed by atoms with E-state index in [1.54, 1.807) is 31.2 Å². The van der Waals surface area contributed by atoms with Crippen LogP contribution in [0.15, 0.2) is 24.3 Å². The minimum Gasteiger partial charge on any atom is -0.392 e. The molecule has 2 amide bonds. The quantitative estimate of drug-likeness (QED) is 0.727. The summed E-state index contributed by atoms with van der Waals surface area (Å²) in [5, 5.41) is 5.76. The van der Waals surface area contributed by atoms with Crippen LogP contribution in [-0.4, -0.2) is 17.1 Å². The number of anilines is 1. The average molecular weight is 258 g/mol. The molecule has 0 aliphatic carbocycles. The zero-order valence-corrected chi connectivity index (χ0v) is 10.2. The van der Waals surface area contributed by atoms with Gasteiger partial charge >= 0.3 is 6.03 Å². The van der Waals surface area contributed by atoms with E-state index in [2.05, 4.69) is 10.6 Å². The van der Waals surface area contributed by atoms with Gasteiger partial charge < -0.3 is 16.4 Å². The monoisotopic (exact) mass is 257 g/mol. The standard InChI is InChI=1S/C10H12ClN3OS/c1-6(9(12)16)13-10(15)14-8-4-2-3-7(11)5-8/h2-6H,1H3,(H2,12,16)(H2,13,14,15). The Morgan fingerprint density at radius 1 is 1.56 bits per heavy atom. The van der Waals surface area contributed by atoms with E-state index >= 15 is 0 Å². The molecule has 16 heavy (non-hydrogen) atoms. The maximum atomic E-state index is 11.5. The lowest BCUT2D eigenvalue weighted by Crippen LogP contribution is -2.43. The molecule has 1 aromatic carbocycles. The fourth-order valence-electron chi connectivity index (χ4n) is 1.00. The topological polar surface area (TPSA) is 67.2 Å². The van der Waals surface area contributed by atoms with Gasteiger partial charge in [0.1, 0.15) is 0 Å². The predicted octanol–water partition coefficient (Wildman–Crippen LogP) is 2.14. The summed E-state index contributed by atoms with van der Waals surface area (Å²) in [6.45, 7) is 1.71. The highest BCUT2D eigenvalue weighted by Crippen LogP contribution is 2.14. The first kappa shape index (κ1) is 12.7. The van der Waals surface area contributed by atoms with Crippen molar-refractivity contribution in [1.29, 1.82) is 0 Å². The maximum Gasteiger partial charge on any atom is 0.319 e. The zero-order chi connectivity index (χ0) is 12.1. The molecule has 0 aliphatic heterocycles. The largest absolute Gasteiger partial charge is 0.392 e. The van der Waals surface area contributed by atoms with Gasteiger partial charge in [-0.2, -0.15) is 0 Å². The van der Waals surface area contributed by atoms with Gasteiger partial charge in [-0.25, -0.2) is 4.79 Å². The summed E-state index contributed by atoms with van der Waals surface area (Å²) < 4.78 is 0. The number of rotatable bonds is 3. The van der Waals surface area contributed by atoms with Gasteiger partial charge in [0.2, 0.25) is 0 Å². The average Bonchev–Trinajstić information content (AvgIpc) is 2.16. The second-order valence-electron chi connectivity index (χ2n) is 3.23. The minimum atomic E-state index is -0.373. The van der Waals surface area contributed by atoms with E-state index in [4.69, 9.17) is 29.6 Å². The predicted molar refractivity (Wildman–Crippen MR) is 69.9 cm³/mol. The van der Waals surface area contributed by atoms with Gasteiger partial charge in [-0.3, -0.25) is 0 Å². The van der Waals surface area contributed by atoms with Crippen molar-refractivity contribution >= 4 is 40.5 Å². The summed E-state index contributed by atoms with van der Waals surface area (Å²) in [5.74, 6) is 0. The van der Waals surface area contributed by atoms with Gasteiger partial charge in [-0.05, 0) is 25.1 Å². The van der Waals surface area contributed by atoms with E-state index in [1.165, 1.54) is 0 Å². The molecular weight excluding hydrogens is 246 g/mol. The van der Waals surface area contributed by atoms with Crippen molar-refractivity contribution in [2.24, 2.45) is 5.73 Å². The van der Waals surface area contributed by atoms with Gasteiger partial charge in [0.05, 0.1) is 11.0 Å². The molecule has 1 aromatic rings. The molecule has 0 heterocycles. The van der Waals surface area contributed by atoms with Crippen LogP contribution in [0.2, 0.25) is 5.02 Å². The molecule has 0 radical (unpaired) electrons. The van der Waals surface area contributed by atoms with Crippen LogP contribution >= 0.6 is 23.8 Å². The number of benzene rings is 1. The molecule has 0 saturated carbocycles. The van der Waals surface area contributed by atoms with Crippen LogP contribution in [0.25, 0.3) is 0 Å².